The topological polar surface area (TPSA) is 56.0 Å². The lowest BCUT2D eigenvalue weighted by Crippen LogP contribution is -2.06. The minimum absolute atomic E-state index is 0.117. The van der Waals surface area contributed by atoms with Crippen LogP contribution in [0.1, 0.15) is 15.9 Å². The number of para-hydroxylation sites is 1. The number of hydrogen-bond donors (Lipinski definition) is 1. The van der Waals surface area contributed by atoms with Crippen molar-refractivity contribution in [2.75, 3.05) is 5.73 Å². The standard InChI is InChI=1S/C16H11BrN2O/c17-11-6-7-14(18)13(9-11)16(20)12-5-1-3-10-4-2-8-19-15(10)12/h1-9H,18H2. The highest BCUT2D eigenvalue weighted by Crippen LogP contribution is 2.24. The summed E-state index contributed by atoms with van der Waals surface area (Å²) in [5, 5.41) is 0.937. The first-order valence-electron chi connectivity index (χ1n) is 6.10. The first-order valence-corrected chi connectivity index (χ1v) is 6.89. The number of halogens is 1. The molecular weight excluding hydrogens is 316 g/mol. The summed E-state index contributed by atoms with van der Waals surface area (Å²) in [7, 11) is 0. The summed E-state index contributed by atoms with van der Waals surface area (Å²) in [5.41, 5.74) is 8.11. The normalized spacial score (nSPS) is 10.7. The summed E-state index contributed by atoms with van der Waals surface area (Å²) in [6.07, 6.45) is 1.68. The monoisotopic (exact) mass is 326 g/mol. The van der Waals surface area contributed by atoms with E-state index < -0.39 is 0 Å². The molecule has 0 fully saturated rings. The summed E-state index contributed by atoms with van der Waals surface area (Å²) >= 11 is 3.36. The molecule has 0 atom stereocenters. The summed E-state index contributed by atoms with van der Waals surface area (Å²) in [5.74, 6) is -0.117. The number of benzene rings is 2. The van der Waals surface area contributed by atoms with Crippen LogP contribution in [0, 0.1) is 0 Å². The van der Waals surface area contributed by atoms with Crippen molar-refractivity contribution in [3.05, 3.63) is 70.3 Å². The predicted molar refractivity (Wildman–Crippen MR) is 83.7 cm³/mol. The van der Waals surface area contributed by atoms with Gasteiger partial charge in [-0.25, -0.2) is 0 Å². The fraction of sp³-hybridized carbons (Fsp3) is 0. The second-order valence-electron chi connectivity index (χ2n) is 4.44. The molecule has 0 aliphatic heterocycles. The first-order chi connectivity index (χ1) is 9.66. The number of rotatable bonds is 2. The lowest BCUT2D eigenvalue weighted by Gasteiger charge is -2.07. The van der Waals surface area contributed by atoms with Crippen LogP contribution in [0.3, 0.4) is 0 Å². The number of aromatic nitrogens is 1. The number of nitrogen functional groups attached to an aromatic ring is 1. The maximum absolute atomic E-state index is 12.7. The Morgan fingerprint density at radius 2 is 1.85 bits per heavy atom. The fourth-order valence-electron chi connectivity index (χ4n) is 2.16. The molecule has 0 aliphatic carbocycles. The maximum Gasteiger partial charge on any atom is 0.197 e. The van der Waals surface area contributed by atoms with Crippen molar-refractivity contribution in [3.63, 3.8) is 0 Å². The number of carbonyl (C=O) groups is 1. The Kier molecular flexibility index (Phi) is 3.24. The first kappa shape index (κ1) is 12.8. The van der Waals surface area contributed by atoms with E-state index in [4.69, 9.17) is 5.73 Å². The molecule has 3 aromatic rings. The number of ketones is 1. The van der Waals surface area contributed by atoms with Gasteiger partial charge in [0.2, 0.25) is 0 Å². The van der Waals surface area contributed by atoms with E-state index in [0.29, 0.717) is 22.3 Å². The van der Waals surface area contributed by atoms with Crippen LogP contribution in [0.5, 0.6) is 0 Å². The van der Waals surface area contributed by atoms with Crippen molar-refractivity contribution in [1.82, 2.24) is 4.98 Å². The van der Waals surface area contributed by atoms with Crippen LogP contribution in [-0.4, -0.2) is 10.8 Å². The SMILES string of the molecule is Nc1ccc(Br)cc1C(=O)c1cccc2cccnc12. The van der Waals surface area contributed by atoms with E-state index in [0.717, 1.165) is 9.86 Å². The molecule has 0 saturated heterocycles. The second-order valence-corrected chi connectivity index (χ2v) is 5.36. The molecule has 4 heteroatoms. The zero-order valence-corrected chi connectivity index (χ0v) is 12.1. The third kappa shape index (κ3) is 2.18. The molecule has 1 aromatic heterocycles. The molecule has 0 saturated carbocycles. The van der Waals surface area contributed by atoms with Gasteiger partial charge in [-0.3, -0.25) is 9.78 Å². The van der Waals surface area contributed by atoms with E-state index in [1.165, 1.54) is 0 Å². The molecule has 98 valence electrons. The van der Waals surface area contributed by atoms with Crippen LogP contribution in [0.4, 0.5) is 5.69 Å². The highest BCUT2D eigenvalue weighted by Gasteiger charge is 2.16. The van der Waals surface area contributed by atoms with Crippen molar-refractivity contribution in [2.24, 2.45) is 0 Å². The molecule has 0 bridgehead atoms. The smallest absolute Gasteiger partial charge is 0.197 e. The molecule has 20 heavy (non-hydrogen) atoms. The number of hydrogen-bond acceptors (Lipinski definition) is 3. The number of nitrogens with zero attached hydrogens (tertiary/aromatic N) is 1. The third-order valence-corrected chi connectivity index (χ3v) is 3.63. The van der Waals surface area contributed by atoms with E-state index in [-0.39, 0.29) is 5.78 Å². The molecule has 3 nitrogen and oxygen atoms in total. The average Bonchev–Trinajstić information content (AvgIpc) is 2.48. The molecule has 0 unspecified atom stereocenters. The predicted octanol–water partition coefficient (Wildman–Crippen LogP) is 3.81. The van der Waals surface area contributed by atoms with Crippen molar-refractivity contribution >= 4 is 38.3 Å². The quantitative estimate of drug-likeness (QED) is 0.575. The van der Waals surface area contributed by atoms with Crippen LogP contribution in [0.25, 0.3) is 10.9 Å². The number of anilines is 1. The average molecular weight is 327 g/mol. The van der Waals surface area contributed by atoms with Crippen molar-refractivity contribution < 1.29 is 4.79 Å². The van der Waals surface area contributed by atoms with Gasteiger partial charge in [0.25, 0.3) is 0 Å². The minimum atomic E-state index is -0.117. The van der Waals surface area contributed by atoms with Crippen LogP contribution in [0.2, 0.25) is 0 Å². The lowest BCUT2D eigenvalue weighted by molar-refractivity contribution is 0.104. The number of carbonyl (C=O) groups excluding carboxylic acids is 1. The van der Waals surface area contributed by atoms with E-state index in [9.17, 15) is 4.79 Å². The Hall–Kier alpha value is -2.20. The Bertz CT molecular complexity index is 809. The lowest BCUT2D eigenvalue weighted by atomic mass is 9.99. The molecule has 3 rings (SSSR count). The highest BCUT2D eigenvalue weighted by atomic mass is 79.9. The van der Waals surface area contributed by atoms with Crippen LogP contribution >= 0.6 is 15.9 Å². The zero-order chi connectivity index (χ0) is 14.1. The molecule has 1 heterocycles. The second kappa shape index (κ2) is 5.06. The van der Waals surface area contributed by atoms with Crippen LogP contribution in [-0.2, 0) is 0 Å². The maximum atomic E-state index is 12.7. The third-order valence-electron chi connectivity index (χ3n) is 3.14. The summed E-state index contributed by atoms with van der Waals surface area (Å²) < 4.78 is 0.822. The molecule has 0 aliphatic rings. The number of fused-ring (bicyclic) bond motifs is 1. The van der Waals surface area contributed by atoms with Crippen LogP contribution < -0.4 is 5.73 Å². The van der Waals surface area contributed by atoms with Crippen LogP contribution in [0.15, 0.2) is 59.2 Å². The number of nitrogens with two attached hydrogens (primary N) is 1. The molecular formula is C16H11BrN2O. The Morgan fingerprint density at radius 3 is 2.70 bits per heavy atom. The van der Waals surface area contributed by atoms with Crippen molar-refractivity contribution in [2.45, 2.75) is 0 Å². The van der Waals surface area contributed by atoms with Crippen molar-refractivity contribution in [1.29, 1.82) is 0 Å². The van der Waals surface area contributed by atoms with E-state index in [1.54, 1.807) is 24.4 Å². The highest BCUT2D eigenvalue weighted by molar-refractivity contribution is 9.10. The van der Waals surface area contributed by atoms with E-state index >= 15 is 0 Å². The van der Waals surface area contributed by atoms with Gasteiger partial charge in [-0.15, -0.1) is 0 Å². The Balaban J connectivity index is 2.20. The van der Waals surface area contributed by atoms with Gasteiger partial charge in [-0.2, -0.15) is 0 Å². The van der Waals surface area contributed by atoms with Gasteiger partial charge < -0.3 is 5.73 Å². The minimum Gasteiger partial charge on any atom is -0.398 e. The van der Waals surface area contributed by atoms with Gasteiger partial charge >= 0.3 is 0 Å². The van der Waals surface area contributed by atoms with Gasteiger partial charge in [-0.1, -0.05) is 34.1 Å². The van der Waals surface area contributed by atoms with E-state index in [2.05, 4.69) is 20.9 Å². The van der Waals surface area contributed by atoms with E-state index in [1.807, 2.05) is 30.3 Å². The summed E-state index contributed by atoms with van der Waals surface area (Å²) in [6, 6.07) is 14.6. The molecule has 0 spiro atoms. The largest absolute Gasteiger partial charge is 0.398 e. The molecule has 2 N–H and O–H groups in total. The summed E-state index contributed by atoms with van der Waals surface area (Å²) in [4.78, 5) is 17.0. The van der Waals surface area contributed by atoms with Gasteiger partial charge in [0.1, 0.15) is 0 Å². The van der Waals surface area contributed by atoms with Gasteiger partial charge in [0, 0.05) is 32.9 Å². The molecule has 0 amide bonds. The van der Waals surface area contributed by atoms with Gasteiger partial charge in [-0.05, 0) is 30.3 Å². The number of pyridine rings is 1. The molecule has 2 aromatic carbocycles. The summed E-state index contributed by atoms with van der Waals surface area (Å²) in [6.45, 7) is 0. The van der Waals surface area contributed by atoms with Gasteiger partial charge in [0.15, 0.2) is 5.78 Å². The Labute approximate surface area is 124 Å². The fourth-order valence-corrected chi connectivity index (χ4v) is 2.52. The van der Waals surface area contributed by atoms with Gasteiger partial charge in [0.05, 0.1) is 5.52 Å². The zero-order valence-electron chi connectivity index (χ0n) is 10.5. The van der Waals surface area contributed by atoms with Crippen molar-refractivity contribution in [3.8, 4) is 0 Å². The molecule has 0 radical (unpaired) electrons. The Morgan fingerprint density at radius 1 is 1.05 bits per heavy atom.